The quantitative estimate of drug-likeness (QED) is 0.433. The Balaban J connectivity index is 2.67. The number of rotatable bonds is 2. The average Bonchev–Trinajstić information content (AvgIpc) is 1.88. The molecular weight excluding hydrogens is 119 g/mol. The van der Waals surface area contributed by atoms with Crippen molar-refractivity contribution in [3.63, 3.8) is 0 Å². The van der Waals surface area contributed by atoms with E-state index in [0.29, 0.717) is 4.43 Å². The van der Waals surface area contributed by atoms with Crippen LogP contribution in [0.4, 0.5) is 0 Å². The van der Waals surface area contributed by atoms with Crippen molar-refractivity contribution in [2.45, 2.75) is 0 Å². The second-order valence-electron chi connectivity index (χ2n) is 2.12. The van der Waals surface area contributed by atoms with E-state index in [1.165, 1.54) is 0 Å². The van der Waals surface area contributed by atoms with Gasteiger partial charge in [0.15, 0.2) is 0 Å². The van der Waals surface area contributed by atoms with Crippen molar-refractivity contribution < 1.29 is 4.74 Å². The van der Waals surface area contributed by atoms with Gasteiger partial charge in [0.25, 0.3) is 0 Å². The van der Waals surface area contributed by atoms with Crippen LogP contribution < -0.4 is 4.74 Å². The predicted molar refractivity (Wildman–Crippen MR) is 42.0 cm³/mol. The molecular formula is C8H7LiO. The first-order chi connectivity index (χ1) is 4.79. The second-order valence-corrected chi connectivity index (χ2v) is 2.12. The van der Waals surface area contributed by atoms with Crippen LogP contribution >= 0.6 is 0 Å². The number of hydrogen-bond acceptors (Lipinski definition) is 1. The van der Waals surface area contributed by atoms with E-state index in [1.807, 2.05) is 48.0 Å². The summed E-state index contributed by atoms with van der Waals surface area (Å²) in [6, 6.07) is 9.60. The minimum atomic E-state index is 0.714. The second kappa shape index (κ2) is 3.51. The minimum absolute atomic E-state index is 0.714. The number of benzene rings is 1. The normalized spacial score (nSPS) is 9.00. The summed E-state index contributed by atoms with van der Waals surface area (Å²) in [6.07, 6.45) is 0. The summed E-state index contributed by atoms with van der Waals surface area (Å²) in [7, 11) is 0. The molecule has 0 atom stereocenters. The topological polar surface area (TPSA) is 9.23 Å². The molecule has 0 aliphatic rings. The molecule has 0 bridgehead atoms. The van der Waals surface area contributed by atoms with E-state index in [0.717, 1.165) is 5.75 Å². The summed E-state index contributed by atoms with van der Waals surface area (Å²) in [6.45, 7) is 3.63. The fourth-order valence-corrected chi connectivity index (χ4v) is 0.690. The Morgan fingerprint density at radius 1 is 1.30 bits per heavy atom. The van der Waals surface area contributed by atoms with Gasteiger partial charge in [0.2, 0.25) is 0 Å². The molecule has 0 radical (unpaired) electrons. The van der Waals surface area contributed by atoms with Gasteiger partial charge < -0.3 is 0 Å². The molecule has 0 aromatic heterocycles. The third-order valence-electron chi connectivity index (χ3n) is 1.04. The van der Waals surface area contributed by atoms with Crippen LogP contribution in [0.5, 0.6) is 5.75 Å². The standard InChI is InChI=1S/C8H7O.Li/c1-2-9-8-6-4-3-5-7-8;/h3-7H,1H2;. The summed E-state index contributed by atoms with van der Waals surface area (Å²) in [5, 5.41) is 0. The van der Waals surface area contributed by atoms with Gasteiger partial charge in [-0.1, -0.05) is 0 Å². The molecule has 0 heterocycles. The van der Waals surface area contributed by atoms with Crippen molar-refractivity contribution in [2.24, 2.45) is 0 Å². The molecule has 0 aliphatic carbocycles. The molecule has 0 fully saturated rings. The molecule has 0 saturated carbocycles. The molecule has 1 rings (SSSR count). The van der Waals surface area contributed by atoms with Crippen molar-refractivity contribution >= 4 is 17.7 Å². The predicted octanol–water partition coefficient (Wildman–Crippen LogP) is 1.71. The van der Waals surface area contributed by atoms with Gasteiger partial charge in [-0.2, -0.15) is 0 Å². The van der Waals surface area contributed by atoms with Crippen LogP contribution in [0.1, 0.15) is 0 Å². The van der Waals surface area contributed by atoms with Gasteiger partial charge in [0.1, 0.15) is 0 Å². The summed E-state index contributed by atoms with van der Waals surface area (Å²) in [5.74, 6) is 0.843. The third-order valence-corrected chi connectivity index (χ3v) is 1.04. The molecule has 0 amide bonds. The van der Waals surface area contributed by atoms with Crippen molar-refractivity contribution in [3.8, 4) is 5.75 Å². The molecule has 0 N–H and O–H groups in total. The summed E-state index contributed by atoms with van der Waals surface area (Å²) in [4.78, 5) is 0. The summed E-state index contributed by atoms with van der Waals surface area (Å²) in [5.41, 5.74) is 0. The van der Waals surface area contributed by atoms with Gasteiger partial charge in [-0.25, -0.2) is 0 Å². The van der Waals surface area contributed by atoms with Crippen molar-refractivity contribution in [1.29, 1.82) is 0 Å². The van der Waals surface area contributed by atoms with E-state index < -0.39 is 0 Å². The van der Waals surface area contributed by atoms with Gasteiger partial charge in [0.05, 0.1) is 0 Å². The Bertz CT molecular complexity index is 218. The molecule has 10 heavy (non-hydrogen) atoms. The van der Waals surface area contributed by atoms with Gasteiger partial charge in [-0.3, -0.25) is 0 Å². The molecule has 1 nitrogen and oxygen atoms in total. The molecule has 1 aromatic carbocycles. The first-order valence-electron chi connectivity index (χ1n) is 3.17. The van der Waals surface area contributed by atoms with Gasteiger partial charge >= 0.3 is 69.5 Å². The molecule has 0 saturated heterocycles. The fraction of sp³-hybridized carbons (Fsp3) is 0. The number of ether oxygens (including phenoxy) is 1. The number of para-hydroxylation sites is 1. The summed E-state index contributed by atoms with van der Waals surface area (Å²) >= 11 is 1.83. The monoisotopic (exact) mass is 126 g/mol. The first kappa shape index (κ1) is 7.46. The zero-order valence-electron chi connectivity index (χ0n) is 6.00. The van der Waals surface area contributed by atoms with Crippen LogP contribution in [0, 0.1) is 0 Å². The molecule has 1 aromatic rings. The van der Waals surface area contributed by atoms with Crippen LogP contribution in [0.25, 0.3) is 0 Å². The van der Waals surface area contributed by atoms with E-state index in [-0.39, 0.29) is 0 Å². The molecule has 46 valence electrons. The fourth-order valence-electron chi connectivity index (χ4n) is 0.690. The Labute approximate surface area is 69.9 Å². The van der Waals surface area contributed by atoms with Crippen LogP contribution in [0.2, 0.25) is 0 Å². The molecule has 0 spiro atoms. The maximum absolute atomic E-state index is 5.22. The molecule has 2 heteroatoms. The Morgan fingerprint density at radius 3 is 2.40 bits per heavy atom. The Morgan fingerprint density at radius 2 is 1.90 bits per heavy atom. The Kier molecular flexibility index (Phi) is 2.62. The van der Waals surface area contributed by atoms with Crippen molar-refractivity contribution in [2.75, 3.05) is 0 Å². The zero-order chi connectivity index (χ0) is 7.40. The van der Waals surface area contributed by atoms with Gasteiger partial charge in [0, 0.05) is 0 Å². The van der Waals surface area contributed by atoms with E-state index in [9.17, 15) is 0 Å². The molecule has 0 unspecified atom stereocenters. The van der Waals surface area contributed by atoms with Crippen LogP contribution in [-0.2, 0) is 0 Å². The maximum atomic E-state index is 5.22. The van der Waals surface area contributed by atoms with Crippen LogP contribution in [0.3, 0.4) is 0 Å². The first-order valence-corrected chi connectivity index (χ1v) is 3.17. The average molecular weight is 126 g/mol. The number of hydrogen-bond donors (Lipinski definition) is 0. The molecule has 0 aliphatic heterocycles. The van der Waals surface area contributed by atoms with E-state index >= 15 is 0 Å². The zero-order valence-corrected chi connectivity index (χ0v) is 6.00. The Hall–Kier alpha value is -0.643. The third kappa shape index (κ3) is 2.31. The van der Waals surface area contributed by atoms with E-state index in [1.54, 1.807) is 0 Å². The van der Waals surface area contributed by atoms with E-state index in [2.05, 4.69) is 6.58 Å². The van der Waals surface area contributed by atoms with Crippen molar-refractivity contribution in [1.82, 2.24) is 0 Å². The van der Waals surface area contributed by atoms with Crippen LogP contribution in [-0.4, -0.2) is 17.7 Å². The van der Waals surface area contributed by atoms with Crippen molar-refractivity contribution in [3.05, 3.63) is 41.3 Å². The SMILES string of the molecule is [Li][C](=C)Oc1ccccc1. The summed E-state index contributed by atoms with van der Waals surface area (Å²) < 4.78 is 5.93. The van der Waals surface area contributed by atoms with Gasteiger partial charge in [-0.15, -0.1) is 0 Å². The van der Waals surface area contributed by atoms with Gasteiger partial charge in [-0.05, 0) is 0 Å². The van der Waals surface area contributed by atoms with E-state index in [4.69, 9.17) is 4.74 Å². The van der Waals surface area contributed by atoms with Crippen LogP contribution in [0.15, 0.2) is 41.3 Å².